The van der Waals surface area contributed by atoms with E-state index in [-0.39, 0.29) is 6.04 Å². The van der Waals surface area contributed by atoms with Gasteiger partial charge in [-0.1, -0.05) is 0 Å². The molecule has 0 aromatic carbocycles. The second-order valence-electron chi connectivity index (χ2n) is 3.18. The van der Waals surface area contributed by atoms with Crippen LogP contribution in [0.5, 0.6) is 0 Å². The number of rotatable bonds is 4. The number of aromatic amines is 1. The summed E-state index contributed by atoms with van der Waals surface area (Å²) in [5, 5.41) is 9.91. The lowest BCUT2D eigenvalue weighted by atomic mass is 10.3. The van der Waals surface area contributed by atoms with E-state index in [4.69, 9.17) is 4.42 Å². The van der Waals surface area contributed by atoms with Crippen LogP contribution in [0, 0.1) is 3.77 Å². The van der Waals surface area contributed by atoms with Gasteiger partial charge in [0.25, 0.3) is 0 Å². The van der Waals surface area contributed by atoms with Crippen LogP contribution in [-0.4, -0.2) is 15.2 Å². The van der Waals surface area contributed by atoms with E-state index in [1.807, 2.05) is 19.1 Å². The summed E-state index contributed by atoms with van der Waals surface area (Å²) in [4.78, 5) is 4.07. The molecule has 2 N–H and O–H groups in total. The Kier molecular flexibility index (Phi) is 3.37. The molecular weight excluding hydrogens is 307 g/mol. The second-order valence-corrected chi connectivity index (χ2v) is 4.24. The highest BCUT2D eigenvalue weighted by Crippen LogP contribution is 2.11. The Hall–Kier alpha value is -0.890. The molecule has 0 radical (unpaired) electrons. The zero-order chi connectivity index (χ0) is 10.7. The molecule has 0 saturated carbocycles. The molecule has 0 aliphatic rings. The van der Waals surface area contributed by atoms with E-state index < -0.39 is 0 Å². The highest BCUT2D eigenvalue weighted by Gasteiger charge is 2.08. The highest BCUT2D eigenvalue weighted by molar-refractivity contribution is 14.1. The van der Waals surface area contributed by atoms with Gasteiger partial charge in [-0.05, 0) is 41.6 Å². The first-order valence-electron chi connectivity index (χ1n) is 4.58. The molecule has 0 aliphatic heterocycles. The predicted molar refractivity (Wildman–Crippen MR) is 63.1 cm³/mol. The van der Waals surface area contributed by atoms with Crippen molar-refractivity contribution >= 4 is 22.6 Å². The number of halogens is 1. The fourth-order valence-electron chi connectivity index (χ4n) is 1.22. The molecule has 5 nitrogen and oxygen atoms in total. The van der Waals surface area contributed by atoms with Crippen LogP contribution in [0.1, 0.15) is 24.6 Å². The Morgan fingerprint density at radius 1 is 1.60 bits per heavy atom. The van der Waals surface area contributed by atoms with Gasteiger partial charge in [0.1, 0.15) is 17.9 Å². The molecule has 0 aliphatic carbocycles. The Balaban J connectivity index is 1.88. The van der Waals surface area contributed by atoms with E-state index in [9.17, 15) is 0 Å². The first kappa shape index (κ1) is 10.6. The quantitative estimate of drug-likeness (QED) is 0.845. The monoisotopic (exact) mass is 318 g/mol. The average molecular weight is 318 g/mol. The Labute approximate surface area is 101 Å². The molecule has 6 heteroatoms. The first-order chi connectivity index (χ1) is 7.25. The summed E-state index contributed by atoms with van der Waals surface area (Å²) in [6, 6.07) is 4.04. The minimum atomic E-state index is 0.135. The molecule has 0 saturated heterocycles. The molecule has 15 heavy (non-hydrogen) atoms. The minimum Gasteiger partial charge on any atom is -0.454 e. The van der Waals surface area contributed by atoms with Crippen LogP contribution >= 0.6 is 22.6 Å². The molecule has 1 atom stereocenters. The number of nitrogens with zero attached hydrogens (tertiary/aromatic N) is 2. The van der Waals surface area contributed by atoms with Crippen LogP contribution in [0.25, 0.3) is 0 Å². The van der Waals surface area contributed by atoms with Crippen molar-refractivity contribution in [1.29, 1.82) is 0 Å². The molecule has 0 bridgehead atoms. The van der Waals surface area contributed by atoms with Gasteiger partial charge in [-0.3, -0.25) is 5.10 Å². The Bertz CT molecular complexity index is 411. The summed E-state index contributed by atoms with van der Waals surface area (Å²) in [5.74, 6) is 1.75. The SMILES string of the molecule is CC(NCc1ccc(I)o1)c1ncn[nH]1. The third-order valence-electron chi connectivity index (χ3n) is 2.06. The van der Waals surface area contributed by atoms with Crippen molar-refractivity contribution in [3.05, 3.63) is 33.8 Å². The zero-order valence-corrected chi connectivity index (χ0v) is 10.4. The van der Waals surface area contributed by atoms with E-state index in [1.54, 1.807) is 0 Å². The topological polar surface area (TPSA) is 66.7 Å². The van der Waals surface area contributed by atoms with Gasteiger partial charge >= 0.3 is 0 Å². The summed E-state index contributed by atoms with van der Waals surface area (Å²) in [5.41, 5.74) is 0. The van der Waals surface area contributed by atoms with Crippen molar-refractivity contribution in [3.8, 4) is 0 Å². The zero-order valence-electron chi connectivity index (χ0n) is 8.20. The minimum absolute atomic E-state index is 0.135. The maximum Gasteiger partial charge on any atom is 0.164 e. The number of furan rings is 1. The van der Waals surface area contributed by atoms with Crippen LogP contribution in [0.4, 0.5) is 0 Å². The van der Waals surface area contributed by atoms with E-state index >= 15 is 0 Å². The van der Waals surface area contributed by atoms with Gasteiger partial charge < -0.3 is 9.73 Å². The number of hydrogen-bond donors (Lipinski definition) is 2. The summed E-state index contributed by atoms with van der Waals surface area (Å²) in [7, 11) is 0. The molecule has 2 heterocycles. The van der Waals surface area contributed by atoms with Crippen molar-refractivity contribution in [2.75, 3.05) is 0 Å². The number of H-pyrrole nitrogens is 1. The maximum atomic E-state index is 5.43. The lowest BCUT2D eigenvalue weighted by Gasteiger charge is -2.08. The van der Waals surface area contributed by atoms with E-state index in [2.05, 4.69) is 43.1 Å². The van der Waals surface area contributed by atoms with Crippen LogP contribution in [0.3, 0.4) is 0 Å². The summed E-state index contributed by atoms with van der Waals surface area (Å²) in [6.07, 6.45) is 1.50. The van der Waals surface area contributed by atoms with E-state index in [0.717, 1.165) is 15.4 Å². The molecule has 2 aromatic heterocycles. The molecular formula is C9H11IN4O. The summed E-state index contributed by atoms with van der Waals surface area (Å²) in [6.45, 7) is 2.71. The predicted octanol–water partition coefficient (Wildman–Crippen LogP) is 1.85. The number of hydrogen-bond acceptors (Lipinski definition) is 4. The van der Waals surface area contributed by atoms with E-state index in [0.29, 0.717) is 6.54 Å². The van der Waals surface area contributed by atoms with Crippen molar-refractivity contribution in [3.63, 3.8) is 0 Å². The first-order valence-corrected chi connectivity index (χ1v) is 5.66. The number of nitrogens with one attached hydrogen (secondary N) is 2. The Morgan fingerprint density at radius 2 is 2.47 bits per heavy atom. The smallest absolute Gasteiger partial charge is 0.164 e. The largest absolute Gasteiger partial charge is 0.454 e. The third kappa shape index (κ3) is 2.78. The lowest BCUT2D eigenvalue weighted by molar-refractivity contribution is 0.440. The van der Waals surface area contributed by atoms with Crippen molar-refractivity contribution in [2.45, 2.75) is 19.5 Å². The Morgan fingerprint density at radius 3 is 3.07 bits per heavy atom. The molecule has 0 spiro atoms. The van der Waals surface area contributed by atoms with Gasteiger partial charge in [0, 0.05) is 0 Å². The van der Waals surface area contributed by atoms with Gasteiger partial charge in [-0.15, -0.1) is 0 Å². The van der Waals surface area contributed by atoms with Crippen molar-refractivity contribution in [1.82, 2.24) is 20.5 Å². The highest BCUT2D eigenvalue weighted by atomic mass is 127. The molecule has 0 fully saturated rings. The van der Waals surface area contributed by atoms with Crippen LogP contribution in [0.2, 0.25) is 0 Å². The average Bonchev–Trinajstić information content (AvgIpc) is 2.84. The molecule has 80 valence electrons. The summed E-state index contributed by atoms with van der Waals surface area (Å²) < 4.78 is 6.33. The van der Waals surface area contributed by atoms with Crippen LogP contribution < -0.4 is 5.32 Å². The van der Waals surface area contributed by atoms with E-state index in [1.165, 1.54) is 6.33 Å². The summed E-state index contributed by atoms with van der Waals surface area (Å²) >= 11 is 2.15. The van der Waals surface area contributed by atoms with Crippen molar-refractivity contribution in [2.24, 2.45) is 0 Å². The van der Waals surface area contributed by atoms with Crippen LogP contribution in [-0.2, 0) is 6.54 Å². The van der Waals surface area contributed by atoms with Gasteiger partial charge in [0.2, 0.25) is 0 Å². The maximum absolute atomic E-state index is 5.43. The van der Waals surface area contributed by atoms with Gasteiger partial charge in [0.05, 0.1) is 12.6 Å². The third-order valence-corrected chi connectivity index (χ3v) is 2.63. The lowest BCUT2D eigenvalue weighted by Crippen LogP contribution is -2.18. The van der Waals surface area contributed by atoms with Crippen LogP contribution in [0.15, 0.2) is 22.9 Å². The second kappa shape index (κ2) is 4.75. The van der Waals surface area contributed by atoms with Gasteiger partial charge in [-0.25, -0.2) is 4.98 Å². The molecule has 2 aromatic rings. The molecule has 2 rings (SSSR count). The van der Waals surface area contributed by atoms with Gasteiger partial charge in [0.15, 0.2) is 3.77 Å². The molecule has 0 amide bonds. The number of aromatic nitrogens is 3. The van der Waals surface area contributed by atoms with Crippen molar-refractivity contribution < 1.29 is 4.42 Å². The fourth-order valence-corrected chi connectivity index (χ4v) is 1.68. The normalized spacial score (nSPS) is 12.9. The fraction of sp³-hybridized carbons (Fsp3) is 0.333. The standard InChI is InChI=1S/C9H11IN4O/c1-6(9-12-5-13-14-9)11-4-7-2-3-8(10)15-7/h2-3,5-6,11H,4H2,1H3,(H,12,13,14). The molecule has 1 unspecified atom stereocenters. The van der Waals surface area contributed by atoms with Gasteiger partial charge in [-0.2, -0.15) is 5.10 Å².